The first-order chi connectivity index (χ1) is 6.86. The predicted octanol–water partition coefficient (Wildman–Crippen LogP) is 2.59. The quantitative estimate of drug-likeness (QED) is 0.673. The van der Waals surface area contributed by atoms with Gasteiger partial charge < -0.3 is 5.32 Å². The van der Waals surface area contributed by atoms with Crippen LogP contribution < -0.4 is 5.32 Å². The summed E-state index contributed by atoms with van der Waals surface area (Å²) in [6.07, 6.45) is 10.6. The summed E-state index contributed by atoms with van der Waals surface area (Å²) in [6, 6.07) is 0.878. The average molecular weight is 191 g/mol. The molecule has 78 valence electrons. The van der Waals surface area contributed by atoms with E-state index in [-0.39, 0.29) is 0 Å². The van der Waals surface area contributed by atoms with Crippen molar-refractivity contribution in [2.24, 2.45) is 23.7 Å². The number of nitrogens with one attached hydrogen (secondary N) is 1. The van der Waals surface area contributed by atoms with Gasteiger partial charge in [0.15, 0.2) is 0 Å². The highest BCUT2D eigenvalue weighted by Crippen LogP contribution is 2.43. The number of hydrogen-bond acceptors (Lipinski definition) is 1. The minimum atomic E-state index is 0.878. The maximum atomic E-state index is 3.75. The fraction of sp³-hybridized carbons (Fsp3) is 0.846. The minimum absolute atomic E-state index is 0.878. The summed E-state index contributed by atoms with van der Waals surface area (Å²) in [5.74, 6) is 3.83. The summed E-state index contributed by atoms with van der Waals surface area (Å²) in [4.78, 5) is 0. The van der Waals surface area contributed by atoms with E-state index in [1.54, 1.807) is 0 Å². The molecule has 0 spiro atoms. The maximum Gasteiger partial charge on any atom is 0.00991 e. The third kappa shape index (κ3) is 1.52. The number of fused-ring (bicyclic) bond motifs is 2. The first-order valence-electron chi connectivity index (χ1n) is 6.28. The van der Waals surface area contributed by atoms with Crippen LogP contribution in [-0.4, -0.2) is 12.6 Å². The maximum absolute atomic E-state index is 3.75. The second-order valence-corrected chi connectivity index (χ2v) is 5.46. The van der Waals surface area contributed by atoms with Crippen LogP contribution >= 0.6 is 0 Å². The topological polar surface area (TPSA) is 12.0 Å². The zero-order valence-corrected chi connectivity index (χ0v) is 9.08. The van der Waals surface area contributed by atoms with Crippen molar-refractivity contribution in [2.75, 3.05) is 6.54 Å². The lowest BCUT2D eigenvalue weighted by Crippen LogP contribution is -2.28. The van der Waals surface area contributed by atoms with Gasteiger partial charge in [-0.3, -0.25) is 0 Å². The second kappa shape index (κ2) is 3.37. The Morgan fingerprint density at radius 1 is 1.14 bits per heavy atom. The van der Waals surface area contributed by atoms with Crippen LogP contribution in [0.3, 0.4) is 0 Å². The van der Waals surface area contributed by atoms with Gasteiger partial charge in [-0.1, -0.05) is 25.5 Å². The summed E-state index contributed by atoms with van der Waals surface area (Å²) >= 11 is 0. The zero-order valence-electron chi connectivity index (χ0n) is 9.08. The third-order valence-corrected chi connectivity index (χ3v) is 4.51. The van der Waals surface area contributed by atoms with Crippen LogP contribution in [0.25, 0.3) is 0 Å². The Kier molecular flexibility index (Phi) is 2.16. The van der Waals surface area contributed by atoms with Gasteiger partial charge in [0.25, 0.3) is 0 Å². The molecule has 14 heavy (non-hydrogen) atoms. The fourth-order valence-electron chi connectivity index (χ4n) is 3.38. The van der Waals surface area contributed by atoms with Crippen LogP contribution in [0.2, 0.25) is 0 Å². The third-order valence-electron chi connectivity index (χ3n) is 4.51. The standard InChI is InChI=1S/C13H21N/c1-2-10-7-13(10)14-8-12-6-9-3-4-11(12)5-9/h3-4,9-14H,2,5-8H2,1H3. The highest BCUT2D eigenvalue weighted by molar-refractivity contribution is 5.10. The lowest BCUT2D eigenvalue weighted by molar-refractivity contribution is 0.408. The summed E-state index contributed by atoms with van der Waals surface area (Å²) in [5, 5.41) is 3.75. The smallest absolute Gasteiger partial charge is 0.00991 e. The molecule has 5 unspecified atom stereocenters. The van der Waals surface area contributed by atoms with E-state index in [0.717, 1.165) is 29.7 Å². The first kappa shape index (κ1) is 8.96. The van der Waals surface area contributed by atoms with Gasteiger partial charge in [-0.2, -0.15) is 0 Å². The van der Waals surface area contributed by atoms with Gasteiger partial charge in [-0.25, -0.2) is 0 Å². The van der Waals surface area contributed by atoms with E-state index in [9.17, 15) is 0 Å². The van der Waals surface area contributed by atoms with Crippen LogP contribution in [0.5, 0.6) is 0 Å². The van der Waals surface area contributed by atoms with E-state index in [0.29, 0.717) is 0 Å². The Labute approximate surface area is 87.0 Å². The summed E-state index contributed by atoms with van der Waals surface area (Å²) in [5.41, 5.74) is 0. The van der Waals surface area contributed by atoms with Crippen molar-refractivity contribution in [1.82, 2.24) is 5.32 Å². The summed E-state index contributed by atoms with van der Waals surface area (Å²) in [6.45, 7) is 3.60. The molecule has 1 nitrogen and oxygen atoms in total. The molecule has 2 saturated carbocycles. The Bertz CT molecular complexity index is 246. The Morgan fingerprint density at radius 3 is 2.64 bits per heavy atom. The Morgan fingerprint density at radius 2 is 2.07 bits per heavy atom. The molecular weight excluding hydrogens is 170 g/mol. The molecule has 3 aliphatic rings. The summed E-state index contributed by atoms with van der Waals surface area (Å²) in [7, 11) is 0. The molecule has 0 amide bonds. The first-order valence-corrected chi connectivity index (χ1v) is 6.28. The second-order valence-electron chi connectivity index (χ2n) is 5.46. The van der Waals surface area contributed by atoms with Crippen molar-refractivity contribution in [3.05, 3.63) is 12.2 Å². The van der Waals surface area contributed by atoms with Crippen molar-refractivity contribution >= 4 is 0 Å². The molecule has 0 radical (unpaired) electrons. The number of rotatable bonds is 4. The van der Waals surface area contributed by atoms with Gasteiger partial charge in [0.05, 0.1) is 0 Å². The number of hydrogen-bond donors (Lipinski definition) is 1. The molecule has 5 atom stereocenters. The van der Waals surface area contributed by atoms with Crippen LogP contribution in [0.1, 0.15) is 32.6 Å². The SMILES string of the molecule is CCC1CC1NCC1CC2C=CC1C2. The predicted molar refractivity (Wildman–Crippen MR) is 59.0 cm³/mol. The molecule has 1 heteroatoms. The zero-order chi connectivity index (χ0) is 9.54. The van der Waals surface area contributed by atoms with Crippen LogP contribution in [0.15, 0.2) is 12.2 Å². The van der Waals surface area contributed by atoms with E-state index in [1.165, 1.54) is 32.2 Å². The van der Waals surface area contributed by atoms with Crippen molar-refractivity contribution in [2.45, 2.75) is 38.6 Å². The molecule has 0 aromatic heterocycles. The molecule has 0 aromatic carbocycles. The Hall–Kier alpha value is -0.300. The molecular formula is C13H21N. The highest BCUT2D eigenvalue weighted by atomic mass is 15.0. The van der Waals surface area contributed by atoms with E-state index in [2.05, 4.69) is 24.4 Å². The number of allylic oxidation sites excluding steroid dienone is 2. The molecule has 2 bridgehead atoms. The molecule has 1 N–H and O–H groups in total. The van der Waals surface area contributed by atoms with Crippen molar-refractivity contribution < 1.29 is 0 Å². The molecule has 0 aliphatic heterocycles. The average Bonchev–Trinajstić information content (AvgIpc) is 2.64. The van der Waals surface area contributed by atoms with Crippen molar-refractivity contribution in [3.63, 3.8) is 0 Å². The Balaban J connectivity index is 1.44. The van der Waals surface area contributed by atoms with E-state index in [4.69, 9.17) is 0 Å². The highest BCUT2D eigenvalue weighted by Gasteiger charge is 2.38. The normalized spacial score (nSPS) is 48.8. The molecule has 3 aliphatic carbocycles. The molecule has 2 fully saturated rings. The van der Waals surface area contributed by atoms with Gasteiger partial charge in [-0.05, 0) is 49.5 Å². The van der Waals surface area contributed by atoms with Crippen molar-refractivity contribution in [1.29, 1.82) is 0 Å². The minimum Gasteiger partial charge on any atom is -0.313 e. The monoisotopic (exact) mass is 191 g/mol. The largest absolute Gasteiger partial charge is 0.313 e. The van der Waals surface area contributed by atoms with Gasteiger partial charge in [-0.15, -0.1) is 0 Å². The van der Waals surface area contributed by atoms with E-state index in [1.807, 2.05) is 0 Å². The molecule has 0 heterocycles. The van der Waals surface area contributed by atoms with E-state index >= 15 is 0 Å². The molecule has 3 rings (SSSR count). The lowest BCUT2D eigenvalue weighted by Gasteiger charge is -2.18. The van der Waals surface area contributed by atoms with Gasteiger partial charge in [0.2, 0.25) is 0 Å². The van der Waals surface area contributed by atoms with Crippen LogP contribution in [0.4, 0.5) is 0 Å². The lowest BCUT2D eigenvalue weighted by atomic mass is 9.93. The van der Waals surface area contributed by atoms with Crippen LogP contribution in [-0.2, 0) is 0 Å². The molecule has 0 aromatic rings. The fourth-order valence-corrected chi connectivity index (χ4v) is 3.38. The van der Waals surface area contributed by atoms with Crippen LogP contribution in [0, 0.1) is 23.7 Å². The molecule has 0 saturated heterocycles. The van der Waals surface area contributed by atoms with Gasteiger partial charge in [0, 0.05) is 6.04 Å². The van der Waals surface area contributed by atoms with Gasteiger partial charge >= 0.3 is 0 Å². The summed E-state index contributed by atoms with van der Waals surface area (Å²) < 4.78 is 0. The van der Waals surface area contributed by atoms with Gasteiger partial charge in [0.1, 0.15) is 0 Å². The van der Waals surface area contributed by atoms with Crippen molar-refractivity contribution in [3.8, 4) is 0 Å². The van der Waals surface area contributed by atoms with E-state index < -0.39 is 0 Å².